The molecule has 0 atom stereocenters. The smallest absolute Gasteiger partial charge is 0.254 e. The van der Waals surface area contributed by atoms with E-state index in [1.165, 1.54) is 4.88 Å². The zero-order valence-corrected chi connectivity index (χ0v) is 12.7. The van der Waals surface area contributed by atoms with E-state index < -0.39 is 0 Å². The predicted octanol–water partition coefficient (Wildman–Crippen LogP) is 3.37. The Morgan fingerprint density at radius 2 is 2.23 bits per heavy atom. The molecule has 0 radical (unpaired) electrons. The molecular weight excluding hydrogens is 298 g/mol. The maximum absolute atomic E-state index is 5.35. The van der Waals surface area contributed by atoms with Crippen LogP contribution in [0.3, 0.4) is 0 Å². The van der Waals surface area contributed by atoms with Crippen LogP contribution in [-0.2, 0) is 6.54 Å². The molecular formula is C15H13N5OS. The van der Waals surface area contributed by atoms with Crippen LogP contribution in [0, 0.1) is 6.92 Å². The van der Waals surface area contributed by atoms with Crippen molar-refractivity contribution in [3.05, 3.63) is 52.5 Å². The van der Waals surface area contributed by atoms with Gasteiger partial charge in [-0.05, 0) is 30.5 Å². The molecule has 4 rings (SSSR count). The van der Waals surface area contributed by atoms with E-state index in [0.717, 1.165) is 18.1 Å². The highest BCUT2D eigenvalue weighted by Crippen LogP contribution is 2.19. The first-order valence-corrected chi connectivity index (χ1v) is 7.72. The molecule has 7 heteroatoms. The zero-order valence-electron chi connectivity index (χ0n) is 11.9. The summed E-state index contributed by atoms with van der Waals surface area (Å²) in [6, 6.07) is 9.75. The number of furan rings is 1. The van der Waals surface area contributed by atoms with Gasteiger partial charge in [0, 0.05) is 16.6 Å². The van der Waals surface area contributed by atoms with E-state index in [1.807, 2.05) is 31.2 Å². The Morgan fingerprint density at radius 3 is 3.00 bits per heavy atom. The monoisotopic (exact) mass is 311 g/mol. The van der Waals surface area contributed by atoms with Crippen LogP contribution in [0.25, 0.3) is 17.4 Å². The molecule has 0 aliphatic heterocycles. The van der Waals surface area contributed by atoms with Gasteiger partial charge in [-0.1, -0.05) is 6.07 Å². The minimum Gasteiger partial charge on any atom is -0.461 e. The maximum Gasteiger partial charge on any atom is 0.254 e. The standard InChI is InChI=1S/C15H13N5OS/c1-10-8-13(16-9-11-4-3-7-22-11)20-15(17-10)18-14(19-20)12-5-2-6-21-12/h2-8,16H,9H2,1H3. The van der Waals surface area contributed by atoms with Gasteiger partial charge in [0.2, 0.25) is 5.82 Å². The number of aryl methyl sites for hydroxylation is 1. The number of rotatable bonds is 4. The number of aromatic nitrogens is 4. The number of nitrogens with zero attached hydrogens (tertiary/aromatic N) is 4. The summed E-state index contributed by atoms with van der Waals surface area (Å²) in [6.45, 7) is 2.68. The van der Waals surface area contributed by atoms with Gasteiger partial charge in [-0.3, -0.25) is 0 Å². The Balaban J connectivity index is 1.73. The van der Waals surface area contributed by atoms with Crippen molar-refractivity contribution in [1.82, 2.24) is 19.6 Å². The van der Waals surface area contributed by atoms with Gasteiger partial charge >= 0.3 is 0 Å². The van der Waals surface area contributed by atoms with Gasteiger partial charge in [0.1, 0.15) is 5.82 Å². The van der Waals surface area contributed by atoms with E-state index in [4.69, 9.17) is 4.42 Å². The lowest BCUT2D eigenvalue weighted by Gasteiger charge is -2.07. The van der Waals surface area contributed by atoms with Crippen molar-refractivity contribution in [2.24, 2.45) is 0 Å². The summed E-state index contributed by atoms with van der Waals surface area (Å²) in [5, 5.41) is 9.94. The lowest BCUT2D eigenvalue weighted by atomic mass is 10.4. The number of hydrogen-bond acceptors (Lipinski definition) is 6. The van der Waals surface area contributed by atoms with Crippen LogP contribution in [0.1, 0.15) is 10.6 Å². The van der Waals surface area contributed by atoms with Gasteiger partial charge in [0.15, 0.2) is 5.76 Å². The Hall–Kier alpha value is -2.67. The number of fused-ring (bicyclic) bond motifs is 1. The van der Waals surface area contributed by atoms with Crippen molar-refractivity contribution < 1.29 is 4.42 Å². The summed E-state index contributed by atoms with van der Waals surface area (Å²) in [7, 11) is 0. The van der Waals surface area contributed by atoms with E-state index >= 15 is 0 Å². The lowest BCUT2D eigenvalue weighted by Crippen LogP contribution is -2.06. The molecule has 6 nitrogen and oxygen atoms in total. The van der Waals surface area contributed by atoms with Crippen LogP contribution < -0.4 is 5.32 Å². The molecule has 4 aromatic heterocycles. The van der Waals surface area contributed by atoms with Crippen molar-refractivity contribution in [2.75, 3.05) is 5.32 Å². The molecule has 22 heavy (non-hydrogen) atoms. The number of nitrogens with one attached hydrogen (secondary N) is 1. The van der Waals surface area contributed by atoms with Crippen LogP contribution in [0.5, 0.6) is 0 Å². The van der Waals surface area contributed by atoms with Crippen molar-refractivity contribution in [1.29, 1.82) is 0 Å². The molecule has 0 aliphatic carbocycles. The van der Waals surface area contributed by atoms with Gasteiger partial charge in [-0.2, -0.15) is 9.50 Å². The first kappa shape index (κ1) is 13.0. The first-order chi connectivity index (χ1) is 10.8. The predicted molar refractivity (Wildman–Crippen MR) is 84.9 cm³/mol. The number of thiophene rings is 1. The third kappa shape index (κ3) is 2.35. The van der Waals surface area contributed by atoms with Gasteiger partial charge in [0.05, 0.1) is 12.8 Å². The summed E-state index contributed by atoms with van der Waals surface area (Å²) in [4.78, 5) is 10.1. The minimum atomic E-state index is 0.530. The Morgan fingerprint density at radius 1 is 1.27 bits per heavy atom. The average Bonchev–Trinajstić information content (AvgIpc) is 3.24. The molecule has 0 bridgehead atoms. The third-order valence-electron chi connectivity index (χ3n) is 3.21. The van der Waals surface area contributed by atoms with Crippen LogP contribution in [0.4, 0.5) is 5.82 Å². The second-order valence-electron chi connectivity index (χ2n) is 4.84. The molecule has 110 valence electrons. The molecule has 1 N–H and O–H groups in total. The van der Waals surface area contributed by atoms with Crippen LogP contribution in [0.2, 0.25) is 0 Å². The molecule has 0 saturated carbocycles. The van der Waals surface area contributed by atoms with Crippen LogP contribution in [0.15, 0.2) is 46.4 Å². The van der Waals surface area contributed by atoms with Gasteiger partial charge < -0.3 is 9.73 Å². The Labute approximate surface area is 130 Å². The maximum atomic E-state index is 5.35. The van der Waals surface area contributed by atoms with E-state index in [0.29, 0.717) is 17.4 Å². The SMILES string of the molecule is Cc1cc(NCc2cccs2)n2nc(-c3ccco3)nc2n1. The molecule has 0 aliphatic rings. The quantitative estimate of drug-likeness (QED) is 0.626. The lowest BCUT2D eigenvalue weighted by molar-refractivity contribution is 0.577. The first-order valence-electron chi connectivity index (χ1n) is 6.84. The van der Waals surface area contributed by atoms with E-state index in [2.05, 4.69) is 31.8 Å². The summed E-state index contributed by atoms with van der Waals surface area (Å²) in [5.41, 5.74) is 0.888. The molecule has 0 fully saturated rings. The Kier molecular flexibility index (Phi) is 3.12. The number of anilines is 1. The highest BCUT2D eigenvalue weighted by molar-refractivity contribution is 7.09. The fourth-order valence-electron chi connectivity index (χ4n) is 2.21. The molecule has 0 amide bonds. The third-order valence-corrected chi connectivity index (χ3v) is 4.08. The van der Waals surface area contributed by atoms with Crippen molar-refractivity contribution in [2.45, 2.75) is 13.5 Å². The fourth-order valence-corrected chi connectivity index (χ4v) is 2.86. The van der Waals surface area contributed by atoms with E-state index in [-0.39, 0.29) is 0 Å². The van der Waals surface area contributed by atoms with Gasteiger partial charge in [-0.15, -0.1) is 16.4 Å². The molecule has 0 aromatic carbocycles. The summed E-state index contributed by atoms with van der Waals surface area (Å²) in [5.74, 6) is 2.58. The highest BCUT2D eigenvalue weighted by atomic mass is 32.1. The molecule has 4 heterocycles. The van der Waals surface area contributed by atoms with Crippen molar-refractivity contribution >= 4 is 22.9 Å². The Bertz CT molecular complexity index is 896. The molecule has 4 aromatic rings. The number of hydrogen-bond donors (Lipinski definition) is 1. The summed E-state index contributed by atoms with van der Waals surface area (Å²) in [6.07, 6.45) is 1.61. The average molecular weight is 311 g/mol. The molecule has 0 spiro atoms. The normalized spacial score (nSPS) is 11.1. The highest BCUT2D eigenvalue weighted by Gasteiger charge is 2.13. The largest absolute Gasteiger partial charge is 0.461 e. The second kappa shape index (κ2) is 5.27. The zero-order chi connectivity index (χ0) is 14.9. The van der Waals surface area contributed by atoms with Crippen molar-refractivity contribution in [3.8, 4) is 11.6 Å². The molecule has 0 unspecified atom stereocenters. The van der Waals surface area contributed by atoms with Crippen LogP contribution in [-0.4, -0.2) is 19.6 Å². The summed E-state index contributed by atoms with van der Waals surface area (Å²) >= 11 is 1.72. The van der Waals surface area contributed by atoms with E-state index in [1.54, 1.807) is 22.1 Å². The molecule has 0 saturated heterocycles. The van der Waals surface area contributed by atoms with E-state index in [9.17, 15) is 0 Å². The fraction of sp³-hybridized carbons (Fsp3) is 0.133. The van der Waals surface area contributed by atoms with Gasteiger partial charge in [0.25, 0.3) is 5.78 Å². The summed E-state index contributed by atoms with van der Waals surface area (Å²) < 4.78 is 7.06. The van der Waals surface area contributed by atoms with Crippen LogP contribution >= 0.6 is 11.3 Å². The topological polar surface area (TPSA) is 68.2 Å². The second-order valence-corrected chi connectivity index (χ2v) is 5.87. The van der Waals surface area contributed by atoms with Crippen molar-refractivity contribution in [3.63, 3.8) is 0 Å². The van der Waals surface area contributed by atoms with Gasteiger partial charge in [-0.25, -0.2) is 4.98 Å². The minimum absolute atomic E-state index is 0.530.